The van der Waals surface area contributed by atoms with Gasteiger partial charge in [0.2, 0.25) is 5.75 Å². The van der Waals surface area contributed by atoms with E-state index in [-0.39, 0.29) is 17.4 Å². The molecule has 0 unspecified atom stereocenters. The quantitative estimate of drug-likeness (QED) is 0.516. The standard InChI is InChI=1S/C13H13N3O5/c1-7-14-9(13(18)15(7)2)4-8-5-10(16(19)20)12(17)11(6-8)21-3/h4-6,17H,1-3H3/b9-4-. The van der Waals surface area contributed by atoms with Crippen LogP contribution in [0.25, 0.3) is 6.08 Å². The molecule has 1 aliphatic rings. The maximum absolute atomic E-state index is 11.9. The number of likely N-dealkylation sites (N-methyl/N-ethyl adjacent to an activating group) is 1. The van der Waals surface area contributed by atoms with Gasteiger partial charge >= 0.3 is 5.69 Å². The van der Waals surface area contributed by atoms with Crippen molar-refractivity contribution in [2.24, 2.45) is 4.99 Å². The first-order valence-electron chi connectivity index (χ1n) is 5.95. The SMILES string of the molecule is COc1cc(/C=C2\N=C(C)N(C)C2=O)cc([N+](=O)[O-])c1O. The zero-order chi connectivity index (χ0) is 15.7. The van der Waals surface area contributed by atoms with Crippen molar-refractivity contribution in [2.45, 2.75) is 6.92 Å². The average molecular weight is 291 g/mol. The van der Waals surface area contributed by atoms with E-state index in [4.69, 9.17) is 4.74 Å². The highest BCUT2D eigenvalue weighted by atomic mass is 16.6. The van der Waals surface area contributed by atoms with Gasteiger partial charge in [-0.05, 0) is 24.6 Å². The summed E-state index contributed by atoms with van der Waals surface area (Å²) in [6.45, 7) is 1.68. The lowest BCUT2D eigenvalue weighted by Crippen LogP contribution is -2.25. The van der Waals surface area contributed by atoms with E-state index in [9.17, 15) is 20.0 Å². The molecule has 0 radical (unpaired) electrons. The maximum Gasteiger partial charge on any atom is 0.315 e. The fourth-order valence-electron chi connectivity index (χ4n) is 1.86. The Labute approximate surface area is 120 Å². The summed E-state index contributed by atoms with van der Waals surface area (Å²) < 4.78 is 4.90. The normalized spacial score (nSPS) is 16.3. The number of amidine groups is 1. The summed E-state index contributed by atoms with van der Waals surface area (Å²) in [5.41, 5.74) is 0.00397. The number of amides is 1. The van der Waals surface area contributed by atoms with Crippen LogP contribution in [-0.4, -0.2) is 40.8 Å². The van der Waals surface area contributed by atoms with Gasteiger partial charge < -0.3 is 9.84 Å². The van der Waals surface area contributed by atoms with Gasteiger partial charge in [-0.25, -0.2) is 4.99 Å². The molecular weight excluding hydrogens is 278 g/mol. The molecule has 0 bridgehead atoms. The van der Waals surface area contributed by atoms with E-state index in [1.807, 2.05) is 0 Å². The number of ether oxygens (including phenoxy) is 1. The van der Waals surface area contributed by atoms with Crippen molar-refractivity contribution >= 4 is 23.5 Å². The van der Waals surface area contributed by atoms with E-state index in [0.29, 0.717) is 11.4 Å². The first-order valence-corrected chi connectivity index (χ1v) is 5.95. The first-order chi connectivity index (χ1) is 9.85. The summed E-state index contributed by atoms with van der Waals surface area (Å²) in [5.74, 6) is -0.372. The number of carbonyl (C=O) groups excluding carboxylic acids is 1. The third kappa shape index (κ3) is 2.55. The van der Waals surface area contributed by atoms with Gasteiger partial charge in [-0.2, -0.15) is 0 Å². The molecule has 1 amide bonds. The van der Waals surface area contributed by atoms with Gasteiger partial charge in [-0.1, -0.05) is 0 Å². The van der Waals surface area contributed by atoms with E-state index in [2.05, 4.69) is 4.99 Å². The Morgan fingerprint density at radius 2 is 2.14 bits per heavy atom. The Morgan fingerprint density at radius 3 is 2.62 bits per heavy atom. The Morgan fingerprint density at radius 1 is 1.48 bits per heavy atom. The third-order valence-corrected chi connectivity index (χ3v) is 3.09. The summed E-state index contributed by atoms with van der Waals surface area (Å²) in [4.78, 5) is 27.5. The highest BCUT2D eigenvalue weighted by molar-refractivity contribution is 6.13. The second kappa shape index (κ2) is 5.23. The number of nitrogens with zero attached hydrogens (tertiary/aromatic N) is 3. The van der Waals surface area contributed by atoms with E-state index < -0.39 is 16.4 Å². The summed E-state index contributed by atoms with van der Waals surface area (Å²) >= 11 is 0. The van der Waals surface area contributed by atoms with Gasteiger partial charge in [0.05, 0.1) is 12.0 Å². The van der Waals surface area contributed by atoms with Crippen molar-refractivity contribution in [3.05, 3.63) is 33.5 Å². The molecule has 1 aliphatic heterocycles. The van der Waals surface area contributed by atoms with Crippen molar-refractivity contribution < 1.29 is 19.6 Å². The number of methoxy groups -OCH3 is 1. The molecule has 0 saturated heterocycles. The van der Waals surface area contributed by atoms with Crippen LogP contribution in [0.3, 0.4) is 0 Å². The van der Waals surface area contributed by atoms with Crippen LogP contribution in [0.4, 0.5) is 5.69 Å². The Kier molecular flexibility index (Phi) is 3.62. The molecule has 0 saturated carbocycles. The lowest BCUT2D eigenvalue weighted by Gasteiger charge is -2.07. The molecule has 8 heteroatoms. The van der Waals surface area contributed by atoms with E-state index in [0.717, 1.165) is 6.07 Å². The van der Waals surface area contributed by atoms with Crippen LogP contribution in [0.2, 0.25) is 0 Å². The number of hydrogen-bond donors (Lipinski definition) is 1. The summed E-state index contributed by atoms with van der Waals surface area (Å²) in [6, 6.07) is 2.55. The molecule has 1 aromatic rings. The van der Waals surface area contributed by atoms with Gasteiger partial charge in [0, 0.05) is 13.1 Å². The van der Waals surface area contributed by atoms with Crippen LogP contribution in [0.15, 0.2) is 22.8 Å². The minimum Gasteiger partial charge on any atom is -0.500 e. The van der Waals surface area contributed by atoms with E-state index in [1.54, 1.807) is 14.0 Å². The van der Waals surface area contributed by atoms with Crippen molar-refractivity contribution in [1.82, 2.24) is 4.90 Å². The molecule has 110 valence electrons. The average Bonchev–Trinajstić information content (AvgIpc) is 2.67. The second-order valence-electron chi connectivity index (χ2n) is 4.40. The molecule has 0 spiro atoms. The van der Waals surface area contributed by atoms with Gasteiger partial charge in [-0.15, -0.1) is 0 Å². The largest absolute Gasteiger partial charge is 0.500 e. The number of aromatic hydroxyl groups is 1. The van der Waals surface area contributed by atoms with Crippen LogP contribution in [0, 0.1) is 10.1 Å². The molecule has 0 aliphatic carbocycles. The third-order valence-electron chi connectivity index (χ3n) is 3.09. The number of nitro benzene ring substituents is 1. The summed E-state index contributed by atoms with van der Waals surface area (Å²) in [5, 5.41) is 20.6. The lowest BCUT2D eigenvalue weighted by atomic mass is 10.1. The maximum atomic E-state index is 11.9. The molecular formula is C13H13N3O5. The van der Waals surface area contributed by atoms with Gasteiger partial charge in [0.15, 0.2) is 5.75 Å². The van der Waals surface area contributed by atoms with Crippen molar-refractivity contribution in [2.75, 3.05) is 14.2 Å². The molecule has 0 fully saturated rings. The smallest absolute Gasteiger partial charge is 0.315 e. The molecule has 0 atom stereocenters. The fraction of sp³-hybridized carbons (Fsp3) is 0.231. The number of hydrogen-bond acceptors (Lipinski definition) is 6. The Hall–Kier alpha value is -2.90. The summed E-state index contributed by atoms with van der Waals surface area (Å²) in [7, 11) is 2.87. The van der Waals surface area contributed by atoms with E-state index >= 15 is 0 Å². The Bertz CT molecular complexity index is 693. The number of phenols is 1. The zero-order valence-electron chi connectivity index (χ0n) is 11.7. The minimum atomic E-state index is -0.725. The topological polar surface area (TPSA) is 105 Å². The number of carbonyl (C=O) groups is 1. The minimum absolute atomic E-state index is 0.0458. The lowest BCUT2D eigenvalue weighted by molar-refractivity contribution is -0.386. The van der Waals surface area contributed by atoms with Crippen LogP contribution in [0.5, 0.6) is 11.5 Å². The number of aliphatic imine (C=N–C) groups is 1. The number of rotatable bonds is 3. The number of nitro groups is 1. The predicted molar refractivity (Wildman–Crippen MR) is 75.2 cm³/mol. The second-order valence-corrected chi connectivity index (χ2v) is 4.40. The number of phenolic OH excluding ortho intramolecular Hbond substituents is 1. The molecule has 1 heterocycles. The van der Waals surface area contributed by atoms with Gasteiger partial charge in [0.25, 0.3) is 5.91 Å². The Balaban J connectivity index is 2.53. The molecule has 1 N–H and O–H groups in total. The van der Waals surface area contributed by atoms with Crippen LogP contribution in [-0.2, 0) is 4.79 Å². The van der Waals surface area contributed by atoms with Crippen molar-refractivity contribution in [3.8, 4) is 11.5 Å². The molecule has 2 rings (SSSR count). The fourth-order valence-corrected chi connectivity index (χ4v) is 1.86. The first kappa shape index (κ1) is 14.5. The molecule has 1 aromatic carbocycles. The van der Waals surface area contributed by atoms with Gasteiger partial charge in [0.1, 0.15) is 11.5 Å². The van der Waals surface area contributed by atoms with Crippen molar-refractivity contribution in [1.29, 1.82) is 0 Å². The molecule has 8 nitrogen and oxygen atoms in total. The van der Waals surface area contributed by atoms with Gasteiger partial charge in [-0.3, -0.25) is 19.8 Å². The molecule has 0 aromatic heterocycles. The zero-order valence-corrected chi connectivity index (χ0v) is 11.7. The van der Waals surface area contributed by atoms with Crippen LogP contribution < -0.4 is 4.74 Å². The predicted octanol–water partition coefficient (Wildman–Crippen LogP) is 1.54. The highest BCUT2D eigenvalue weighted by Gasteiger charge is 2.25. The van der Waals surface area contributed by atoms with E-state index in [1.165, 1.54) is 24.2 Å². The monoisotopic (exact) mass is 291 g/mol. The summed E-state index contributed by atoms with van der Waals surface area (Å²) in [6.07, 6.45) is 1.41. The van der Waals surface area contributed by atoms with Crippen LogP contribution in [0.1, 0.15) is 12.5 Å². The van der Waals surface area contributed by atoms with Crippen LogP contribution >= 0.6 is 0 Å². The number of benzene rings is 1. The highest BCUT2D eigenvalue weighted by Crippen LogP contribution is 2.37. The van der Waals surface area contributed by atoms with Crippen molar-refractivity contribution in [3.63, 3.8) is 0 Å². The molecule has 21 heavy (non-hydrogen) atoms.